The van der Waals surface area contributed by atoms with Crippen molar-refractivity contribution in [3.8, 4) is 0 Å². The lowest BCUT2D eigenvalue weighted by atomic mass is 10.1. The predicted molar refractivity (Wildman–Crippen MR) is 71.8 cm³/mol. The van der Waals surface area contributed by atoms with Gasteiger partial charge in [-0.3, -0.25) is 9.59 Å². The van der Waals surface area contributed by atoms with Crippen LogP contribution in [0.4, 0.5) is 5.69 Å². The van der Waals surface area contributed by atoms with E-state index in [2.05, 4.69) is 18.9 Å². The molecule has 0 atom stereocenters. The van der Waals surface area contributed by atoms with Crippen molar-refractivity contribution in [2.75, 3.05) is 38.6 Å². The summed E-state index contributed by atoms with van der Waals surface area (Å²) >= 11 is 0. The average molecular weight is 238 g/mol. The van der Waals surface area contributed by atoms with Gasteiger partial charge in [-0.25, -0.2) is 0 Å². The number of rotatable bonds is 7. The third kappa shape index (κ3) is 3.16. The summed E-state index contributed by atoms with van der Waals surface area (Å²) in [5.41, 5.74) is 0.564. The zero-order valence-electron chi connectivity index (χ0n) is 11.2. The summed E-state index contributed by atoms with van der Waals surface area (Å²) in [6, 6.07) is 0. The third-order valence-corrected chi connectivity index (χ3v) is 3.14. The number of hydrogen-bond donors (Lipinski definition) is 0. The summed E-state index contributed by atoms with van der Waals surface area (Å²) in [4.78, 5) is 26.6. The van der Waals surface area contributed by atoms with E-state index in [1.54, 1.807) is 6.92 Å². The molecule has 1 aromatic rings. The van der Waals surface area contributed by atoms with Gasteiger partial charge in [-0.05, 0) is 39.9 Å². The summed E-state index contributed by atoms with van der Waals surface area (Å²) < 4.78 is 0. The quantitative estimate of drug-likeness (QED) is 0.658. The average Bonchev–Trinajstić information content (AvgIpc) is 2.29. The third-order valence-electron chi connectivity index (χ3n) is 3.14. The fourth-order valence-electron chi connectivity index (χ4n) is 2.14. The zero-order chi connectivity index (χ0) is 13.0. The second-order valence-corrected chi connectivity index (χ2v) is 4.71. The second kappa shape index (κ2) is 5.96. The monoisotopic (exact) mass is 238 g/mol. The molecule has 0 spiro atoms. The van der Waals surface area contributed by atoms with Crippen LogP contribution in [0.2, 0.25) is 0 Å². The van der Waals surface area contributed by atoms with Gasteiger partial charge in [-0.1, -0.05) is 6.92 Å². The van der Waals surface area contributed by atoms with Crippen molar-refractivity contribution in [1.29, 1.82) is 0 Å². The smallest absolute Gasteiger partial charge is 0.249 e. The van der Waals surface area contributed by atoms with E-state index in [1.165, 1.54) is 0 Å². The molecule has 0 aromatic heterocycles. The molecule has 0 radical (unpaired) electrons. The molecule has 17 heavy (non-hydrogen) atoms. The zero-order valence-corrected chi connectivity index (χ0v) is 11.2. The highest BCUT2D eigenvalue weighted by molar-refractivity contribution is 5.57. The van der Waals surface area contributed by atoms with Gasteiger partial charge < -0.3 is 9.80 Å². The molecular formula is C13H22N2O2. The molecule has 0 aliphatic carbocycles. The highest BCUT2D eigenvalue weighted by Gasteiger charge is 2.19. The summed E-state index contributed by atoms with van der Waals surface area (Å²) in [6.07, 6.45) is 2.16. The maximum absolute atomic E-state index is 11.4. The Morgan fingerprint density at radius 2 is 1.65 bits per heavy atom. The summed E-state index contributed by atoms with van der Waals surface area (Å²) in [5.74, 6) is 0. The van der Waals surface area contributed by atoms with Gasteiger partial charge in [-0.2, -0.15) is 0 Å². The predicted octanol–water partition coefficient (Wildman–Crippen LogP) is 0.759. The summed E-state index contributed by atoms with van der Waals surface area (Å²) in [5, 5.41) is 0. The van der Waals surface area contributed by atoms with Gasteiger partial charge in [0.25, 0.3) is 0 Å². The lowest BCUT2D eigenvalue weighted by Gasteiger charge is -2.23. The van der Waals surface area contributed by atoms with Crippen LogP contribution in [0, 0.1) is 6.92 Å². The second-order valence-electron chi connectivity index (χ2n) is 4.71. The van der Waals surface area contributed by atoms with Crippen molar-refractivity contribution >= 4 is 5.69 Å². The first-order chi connectivity index (χ1) is 7.99. The Balaban J connectivity index is 2.39. The van der Waals surface area contributed by atoms with Crippen LogP contribution in [0.3, 0.4) is 0 Å². The maximum Gasteiger partial charge on any atom is 0.249 e. The minimum atomic E-state index is -0.327. The Kier molecular flexibility index (Phi) is 4.87. The van der Waals surface area contributed by atoms with Crippen molar-refractivity contribution in [2.24, 2.45) is 0 Å². The number of nitrogens with zero attached hydrogens (tertiary/aromatic N) is 2. The molecule has 0 fully saturated rings. The maximum atomic E-state index is 11.4. The molecule has 96 valence electrons. The van der Waals surface area contributed by atoms with Gasteiger partial charge in [0, 0.05) is 19.2 Å². The number of anilines is 1. The van der Waals surface area contributed by atoms with Crippen molar-refractivity contribution in [1.82, 2.24) is 4.90 Å². The lowest BCUT2D eigenvalue weighted by molar-refractivity contribution is 0.331. The topological polar surface area (TPSA) is 40.6 Å². The molecule has 0 aliphatic heterocycles. The normalized spacial score (nSPS) is 11.4. The minimum Gasteiger partial charge on any atom is -0.371 e. The van der Waals surface area contributed by atoms with Crippen LogP contribution < -0.4 is 15.8 Å². The first-order valence-corrected chi connectivity index (χ1v) is 6.18. The van der Waals surface area contributed by atoms with Crippen LogP contribution in [0.25, 0.3) is 0 Å². The largest absolute Gasteiger partial charge is 0.371 e. The van der Waals surface area contributed by atoms with Crippen molar-refractivity contribution < 1.29 is 0 Å². The fourth-order valence-corrected chi connectivity index (χ4v) is 2.14. The molecule has 0 heterocycles. The summed E-state index contributed by atoms with van der Waals surface area (Å²) in [7, 11) is 3.98. The first-order valence-electron chi connectivity index (χ1n) is 6.18. The van der Waals surface area contributed by atoms with E-state index in [9.17, 15) is 9.59 Å². The van der Waals surface area contributed by atoms with E-state index in [1.807, 2.05) is 11.9 Å². The highest BCUT2D eigenvalue weighted by Crippen LogP contribution is 2.11. The van der Waals surface area contributed by atoms with Crippen molar-refractivity contribution in [3.05, 3.63) is 26.0 Å². The molecule has 0 saturated heterocycles. The van der Waals surface area contributed by atoms with Gasteiger partial charge in [0.1, 0.15) is 0 Å². The molecular weight excluding hydrogens is 216 g/mol. The molecule has 0 saturated carbocycles. The Hall–Kier alpha value is -1.16. The van der Waals surface area contributed by atoms with E-state index in [4.69, 9.17) is 0 Å². The highest BCUT2D eigenvalue weighted by atomic mass is 16.2. The molecule has 0 unspecified atom stereocenters. The van der Waals surface area contributed by atoms with Crippen LogP contribution in [-0.2, 0) is 0 Å². The molecule has 0 N–H and O–H groups in total. The van der Waals surface area contributed by atoms with E-state index in [-0.39, 0.29) is 10.9 Å². The summed E-state index contributed by atoms with van der Waals surface area (Å²) in [6.45, 7) is 6.82. The van der Waals surface area contributed by atoms with E-state index in [0.29, 0.717) is 11.3 Å². The lowest BCUT2D eigenvalue weighted by Crippen LogP contribution is -2.41. The molecule has 4 heteroatoms. The molecule has 0 amide bonds. The van der Waals surface area contributed by atoms with E-state index in [0.717, 1.165) is 32.5 Å². The standard InChI is InChI=1S/C13H22N2O2/c1-5-7-14(3)8-6-9-15(4)11-10(2)12(16)13(11)17/h5-9H2,1-4H3. The van der Waals surface area contributed by atoms with Gasteiger partial charge in [-0.15, -0.1) is 0 Å². The Bertz CT molecular complexity index is 433. The molecule has 0 aliphatic rings. The molecule has 1 rings (SSSR count). The minimum absolute atomic E-state index is 0.324. The Morgan fingerprint density at radius 1 is 1.00 bits per heavy atom. The van der Waals surface area contributed by atoms with Gasteiger partial charge in [0.2, 0.25) is 10.9 Å². The van der Waals surface area contributed by atoms with Crippen LogP contribution >= 0.6 is 0 Å². The van der Waals surface area contributed by atoms with Crippen molar-refractivity contribution in [3.63, 3.8) is 0 Å². The molecule has 0 bridgehead atoms. The van der Waals surface area contributed by atoms with Crippen molar-refractivity contribution in [2.45, 2.75) is 26.7 Å². The fraction of sp³-hybridized carbons (Fsp3) is 0.692. The van der Waals surface area contributed by atoms with Gasteiger partial charge in [0.05, 0.1) is 5.69 Å². The number of hydrogen-bond acceptors (Lipinski definition) is 4. The van der Waals surface area contributed by atoms with Crippen LogP contribution in [0.15, 0.2) is 9.59 Å². The van der Waals surface area contributed by atoms with Gasteiger partial charge in [0.15, 0.2) is 0 Å². The SMILES string of the molecule is CCCN(C)CCCN(C)c1c(C)c(=O)c1=O. The van der Waals surface area contributed by atoms with E-state index >= 15 is 0 Å². The molecule has 4 nitrogen and oxygen atoms in total. The Labute approximate surface area is 103 Å². The molecule has 1 aromatic carbocycles. The van der Waals surface area contributed by atoms with Crippen LogP contribution in [-0.4, -0.2) is 38.6 Å². The van der Waals surface area contributed by atoms with Crippen LogP contribution in [0.1, 0.15) is 25.3 Å². The first kappa shape index (κ1) is 13.9. The van der Waals surface area contributed by atoms with Crippen LogP contribution in [0.5, 0.6) is 0 Å². The Morgan fingerprint density at radius 3 is 2.18 bits per heavy atom. The van der Waals surface area contributed by atoms with E-state index < -0.39 is 0 Å². The van der Waals surface area contributed by atoms with Gasteiger partial charge >= 0.3 is 0 Å².